The number of nitrogens with zero attached hydrogens (tertiary/aromatic N) is 1. The summed E-state index contributed by atoms with van der Waals surface area (Å²) >= 11 is 3.32. The number of benzene rings is 1. The van der Waals surface area contributed by atoms with E-state index in [4.69, 9.17) is 4.74 Å². The third kappa shape index (κ3) is 3.49. The average Bonchev–Trinajstić information content (AvgIpc) is 2.67. The highest BCUT2D eigenvalue weighted by Gasteiger charge is 2.33. The van der Waals surface area contributed by atoms with Gasteiger partial charge < -0.3 is 9.64 Å². The third-order valence-corrected chi connectivity index (χ3v) is 4.58. The quantitative estimate of drug-likeness (QED) is 0.766. The highest BCUT2D eigenvalue weighted by atomic mass is 79.9. The number of halogens is 2. The van der Waals surface area contributed by atoms with Gasteiger partial charge in [0.25, 0.3) is 0 Å². The Labute approximate surface area is 125 Å². The minimum atomic E-state index is -4.56. The molecule has 0 saturated carbocycles. The van der Waals surface area contributed by atoms with Gasteiger partial charge in [0.1, 0.15) is 5.75 Å². The highest BCUT2D eigenvalue weighted by molar-refractivity contribution is 9.10. The lowest BCUT2D eigenvalue weighted by molar-refractivity contribution is -0.117. The first-order valence-corrected chi connectivity index (χ1v) is 8.21. The topological polar surface area (TPSA) is 63.7 Å². The number of hydrogen-bond acceptors (Lipinski definition) is 4. The maximum absolute atomic E-state index is 12.7. The van der Waals surface area contributed by atoms with Crippen LogP contribution in [0, 0.1) is 5.92 Å². The molecule has 0 aliphatic carbocycles. The standard InChI is InChI=1S/C12H13BrFNO4S/c1-19-11-3-2-9(5-10(11)13)15-6-8(4-12(15)16)7-20(14,17)18/h2-3,5,8H,4,6-7H2,1H3. The number of carbonyl (C=O) groups is 1. The first-order valence-electron chi connectivity index (χ1n) is 5.86. The molecule has 8 heteroatoms. The van der Waals surface area contributed by atoms with E-state index in [1.165, 1.54) is 12.0 Å². The number of rotatable bonds is 4. The molecule has 0 spiro atoms. The molecule has 1 saturated heterocycles. The van der Waals surface area contributed by atoms with Crippen LogP contribution in [0.5, 0.6) is 5.75 Å². The molecule has 1 aliphatic heterocycles. The van der Waals surface area contributed by atoms with Crippen molar-refractivity contribution in [2.75, 3.05) is 24.3 Å². The summed E-state index contributed by atoms with van der Waals surface area (Å²) in [5.41, 5.74) is 0.626. The van der Waals surface area contributed by atoms with E-state index in [0.717, 1.165) is 0 Å². The second kappa shape index (κ2) is 5.69. The Morgan fingerprint density at radius 3 is 2.75 bits per heavy atom. The van der Waals surface area contributed by atoms with E-state index in [0.29, 0.717) is 15.9 Å². The molecule has 0 N–H and O–H groups in total. The summed E-state index contributed by atoms with van der Waals surface area (Å²) in [5.74, 6) is -0.718. The molecular formula is C12H13BrFNO4S. The summed E-state index contributed by atoms with van der Waals surface area (Å²) in [5, 5.41) is 0. The molecule has 1 aliphatic rings. The Kier molecular flexibility index (Phi) is 4.33. The van der Waals surface area contributed by atoms with Crippen molar-refractivity contribution in [1.82, 2.24) is 0 Å². The molecule has 1 unspecified atom stereocenters. The van der Waals surface area contributed by atoms with Crippen LogP contribution in [-0.2, 0) is 15.0 Å². The van der Waals surface area contributed by atoms with Crippen LogP contribution < -0.4 is 9.64 Å². The predicted octanol–water partition coefficient (Wildman–Crippen LogP) is 2.11. The average molecular weight is 366 g/mol. The summed E-state index contributed by atoms with van der Waals surface area (Å²) < 4.78 is 39.8. The van der Waals surface area contributed by atoms with Crippen molar-refractivity contribution in [3.05, 3.63) is 22.7 Å². The minimum absolute atomic E-state index is 0.0345. The van der Waals surface area contributed by atoms with Gasteiger partial charge in [0.05, 0.1) is 17.3 Å². The fourth-order valence-corrected chi connectivity index (χ4v) is 3.56. The molecule has 0 radical (unpaired) electrons. The summed E-state index contributed by atoms with van der Waals surface area (Å²) in [7, 11) is -3.03. The van der Waals surface area contributed by atoms with E-state index in [1.807, 2.05) is 0 Å². The molecule has 1 aromatic carbocycles. The van der Waals surface area contributed by atoms with Crippen LogP contribution in [0.4, 0.5) is 9.57 Å². The van der Waals surface area contributed by atoms with Gasteiger partial charge in [-0.2, -0.15) is 8.42 Å². The monoisotopic (exact) mass is 365 g/mol. The second-order valence-corrected chi connectivity index (χ2v) is 6.86. The van der Waals surface area contributed by atoms with Gasteiger partial charge >= 0.3 is 10.2 Å². The van der Waals surface area contributed by atoms with Gasteiger partial charge in [0, 0.05) is 24.6 Å². The Morgan fingerprint density at radius 1 is 1.50 bits per heavy atom. The predicted molar refractivity (Wildman–Crippen MR) is 76.0 cm³/mol. The molecule has 1 amide bonds. The van der Waals surface area contributed by atoms with Crippen LogP contribution in [0.3, 0.4) is 0 Å². The molecule has 0 aromatic heterocycles. The Balaban J connectivity index is 2.18. The second-order valence-electron chi connectivity index (χ2n) is 4.60. The maximum atomic E-state index is 12.7. The Morgan fingerprint density at radius 2 is 2.20 bits per heavy atom. The zero-order chi connectivity index (χ0) is 14.9. The summed E-state index contributed by atoms with van der Waals surface area (Å²) in [4.78, 5) is 13.4. The fourth-order valence-electron chi connectivity index (χ4n) is 2.25. The van der Waals surface area contributed by atoms with E-state index < -0.39 is 21.9 Å². The van der Waals surface area contributed by atoms with Crippen molar-refractivity contribution in [1.29, 1.82) is 0 Å². The van der Waals surface area contributed by atoms with Gasteiger partial charge in [-0.25, -0.2) is 0 Å². The van der Waals surface area contributed by atoms with Crippen molar-refractivity contribution in [3.8, 4) is 5.75 Å². The van der Waals surface area contributed by atoms with E-state index in [-0.39, 0.29) is 18.9 Å². The Hall–Kier alpha value is -1.15. The van der Waals surface area contributed by atoms with Crippen molar-refractivity contribution in [3.63, 3.8) is 0 Å². The van der Waals surface area contributed by atoms with Crippen LogP contribution in [-0.4, -0.2) is 33.7 Å². The minimum Gasteiger partial charge on any atom is -0.496 e. The molecule has 5 nitrogen and oxygen atoms in total. The number of carbonyl (C=O) groups excluding carboxylic acids is 1. The largest absolute Gasteiger partial charge is 0.496 e. The molecular weight excluding hydrogens is 353 g/mol. The van der Waals surface area contributed by atoms with Gasteiger partial charge in [-0.3, -0.25) is 4.79 Å². The van der Waals surface area contributed by atoms with Gasteiger partial charge in [0.15, 0.2) is 0 Å². The van der Waals surface area contributed by atoms with E-state index >= 15 is 0 Å². The number of amides is 1. The third-order valence-electron chi connectivity index (χ3n) is 3.09. The lowest BCUT2D eigenvalue weighted by Crippen LogP contribution is -2.25. The van der Waals surface area contributed by atoms with Gasteiger partial charge in [-0.15, -0.1) is 3.89 Å². The van der Waals surface area contributed by atoms with E-state index in [1.54, 1.807) is 18.2 Å². The molecule has 1 aromatic rings. The number of anilines is 1. The lowest BCUT2D eigenvalue weighted by Gasteiger charge is -2.17. The molecule has 1 heterocycles. The number of methoxy groups -OCH3 is 1. The summed E-state index contributed by atoms with van der Waals surface area (Å²) in [6.45, 7) is 0.195. The molecule has 2 rings (SSSR count). The van der Waals surface area contributed by atoms with Crippen molar-refractivity contribution >= 4 is 37.7 Å². The summed E-state index contributed by atoms with van der Waals surface area (Å²) in [6.07, 6.45) is 0.0345. The zero-order valence-electron chi connectivity index (χ0n) is 10.7. The van der Waals surface area contributed by atoms with Crippen LogP contribution in [0.25, 0.3) is 0 Å². The SMILES string of the molecule is COc1ccc(N2CC(CS(=O)(=O)F)CC2=O)cc1Br. The van der Waals surface area contributed by atoms with Gasteiger partial charge in [-0.05, 0) is 34.1 Å². The van der Waals surface area contributed by atoms with Crippen LogP contribution >= 0.6 is 15.9 Å². The van der Waals surface area contributed by atoms with Crippen molar-refractivity contribution in [2.24, 2.45) is 5.92 Å². The first-order chi connectivity index (χ1) is 9.30. The van der Waals surface area contributed by atoms with Gasteiger partial charge in [-0.1, -0.05) is 0 Å². The normalized spacial score (nSPS) is 19.4. The molecule has 20 heavy (non-hydrogen) atoms. The molecule has 0 bridgehead atoms. The first kappa shape index (κ1) is 15.2. The molecule has 1 atom stereocenters. The van der Waals surface area contributed by atoms with Crippen molar-refractivity contribution in [2.45, 2.75) is 6.42 Å². The number of hydrogen-bond donors (Lipinski definition) is 0. The van der Waals surface area contributed by atoms with Crippen LogP contribution in [0.15, 0.2) is 22.7 Å². The van der Waals surface area contributed by atoms with E-state index in [9.17, 15) is 17.1 Å². The lowest BCUT2D eigenvalue weighted by atomic mass is 10.1. The molecule has 110 valence electrons. The Bertz CT molecular complexity index is 634. The summed E-state index contributed by atoms with van der Waals surface area (Å²) in [6, 6.07) is 5.11. The smallest absolute Gasteiger partial charge is 0.302 e. The van der Waals surface area contributed by atoms with Crippen LogP contribution in [0.1, 0.15) is 6.42 Å². The highest BCUT2D eigenvalue weighted by Crippen LogP contribution is 2.32. The van der Waals surface area contributed by atoms with E-state index in [2.05, 4.69) is 15.9 Å². The fraction of sp³-hybridized carbons (Fsp3) is 0.417. The van der Waals surface area contributed by atoms with Gasteiger partial charge in [0.2, 0.25) is 5.91 Å². The van der Waals surface area contributed by atoms with Crippen molar-refractivity contribution < 1.29 is 21.8 Å². The zero-order valence-corrected chi connectivity index (χ0v) is 13.1. The maximum Gasteiger partial charge on any atom is 0.302 e. The number of ether oxygens (including phenoxy) is 1. The van der Waals surface area contributed by atoms with Crippen LogP contribution in [0.2, 0.25) is 0 Å². The molecule has 1 fully saturated rings.